The van der Waals surface area contributed by atoms with Crippen LogP contribution in [0.3, 0.4) is 0 Å². The van der Waals surface area contributed by atoms with Crippen LogP contribution in [0.15, 0.2) is 0 Å². The third-order valence-corrected chi connectivity index (χ3v) is 0. The van der Waals surface area contributed by atoms with Crippen LogP contribution in [0.25, 0.3) is 0 Å². The van der Waals surface area contributed by atoms with Gasteiger partial charge < -0.3 is 10.8 Å². The van der Waals surface area contributed by atoms with Gasteiger partial charge in [-0.25, -0.2) is 4.79 Å². The van der Waals surface area contributed by atoms with Gasteiger partial charge in [0, 0.05) is 59.1 Å². The van der Waals surface area contributed by atoms with Crippen LogP contribution in [0.2, 0.25) is 0 Å². The van der Waals surface area contributed by atoms with Gasteiger partial charge in [0.2, 0.25) is 0 Å². The molecule has 0 saturated heterocycles. The molecule has 0 aliphatic rings. The number of nitrogens with two attached hydrogens (primary N) is 1. The summed E-state index contributed by atoms with van der Waals surface area (Å²) in [5.41, 5.74) is 4.03. The van der Waals surface area contributed by atoms with E-state index in [9.17, 15) is 0 Å². The predicted octanol–water partition coefficient (Wildman–Crippen LogP) is -1.14. The number of rotatable bonds is 0. The van der Waals surface area contributed by atoms with E-state index in [-0.39, 0.29) is 59.1 Å². The second kappa shape index (κ2) is 9.55. The van der Waals surface area contributed by atoms with Crippen molar-refractivity contribution in [2.45, 2.75) is 0 Å². The zero-order valence-electron chi connectivity index (χ0n) is 3.93. The van der Waals surface area contributed by atoms with Gasteiger partial charge in [-0.05, 0) is 0 Å². The molecule has 0 atom stereocenters. The van der Waals surface area contributed by atoms with Crippen LogP contribution in [-0.4, -0.2) is 70.3 Å². The van der Waals surface area contributed by atoms with Gasteiger partial charge in [0.25, 0.3) is 0 Å². The van der Waals surface area contributed by atoms with Crippen LogP contribution in [0.4, 0.5) is 4.79 Å². The quantitative estimate of drug-likeness (QED) is 0.384. The summed E-state index contributed by atoms with van der Waals surface area (Å²) in [6.45, 7) is 0. The van der Waals surface area contributed by atoms with E-state index < -0.39 is 6.09 Å². The largest absolute Gasteiger partial charge is 0.465 e. The van der Waals surface area contributed by atoms with Crippen molar-refractivity contribution in [2.75, 3.05) is 0 Å². The molecule has 1 amide bonds. The minimum Gasteiger partial charge on any atom is -0.465 e. The molecule has 0 aromatic rings. The van der Waals surface area contributed by atoms with Crippen molar-refractivity contribution in [1.29, 1.82) is 0 Å². The number of carbonyl (C=O) groups is 1. The van der Waals surface area contributed by atoms with E-state index in [1.54, 1.807) is 0 Å². The number of hydrogen-bond donors (Lipinski definition) is 2. The van der Waals surface area contributed by atoms with Crippen LogP contribution >= 0.6 is 0 Å². The van der Waals surface area contributed by atoms with Gasteiger partial charge in [-0.1, -0.05) is 0 Å². The molecule has 0 rings (SSSR count). The van der Waals surface area contributed by atoms with Gasteiger partial charge >= 0.3 is 6.09 Å². The first kappa shape index (κ1) is 15.7. The molecule has 0 fully saturated rings. The summed E-state index contributed by atoms with van der Waals surface area (Å²) in [7, 11) is 0. The topological polar surface area (TPSA) is 63.3 Å². The maximum atomic E-state index is 8.78. The molecule has 5 heteroatoms. The molecular formula is CH3NNa2O2. The average molecular weight is 107 g/mol. The average Bonchev–Trinajstić information content (AvgIpc) is 0.811. The van der Waals surface area contributed by atoms with Crippen molar-refractivity contribution in [3.8, 4) is 0 Å². The van der Waals surface area contributed by atoms with Gasteiger partial charge in [0.15, 0.2) is 0 Å². The summed E-state index contributed by atoms with van der Waals surface area (Å²) >= 11 is 0. The first-order valence-electron chi connectivity index (χ1n) is 0.716. The number of primary amides is 1. The molecular weight excluding hydrogens is 104 g/mol. The van der Waals surface area contributed by atoms with E-state index >= 15 is 0 Å². The molecule has 0 saturated carbocycles. The molecule has 0 aromatic heterocycles. The van der Waals surface area contributed by atoms with E-state index in [0.717, 1.165) is 0 Å². The van der Waals surface area contributed by atoms with Gasteiger partial charge in [0.1, 0.15) is 0 Å². The third kappa shape index (κ3) is 59.6. The standard InChI is InChI=1S/CH3NO2.2Na/c2-1(3)4;;/h2H2,(H,3,4);;. The molecule has 26 valence electrons. The van der Waals surface area contributed by atoms with Crippen molar-refractivity contribution in [2.24, 2.45) is 5.73 Å². The molecule has 3 nitrogen and oxygen atoms in total. The molecule has 2 radical (unpaired) electrons. The zero-order chi connectivity index (χ0) is 3.58. The Labute approximate surface area is 79.9 Å². The molecule has 3 N–H and O–H groups in total. The Bertz CT molecular complexity index is 34.5. The molecule has 0 aliphatic heterocycles. The van der Waals surface area contributed by atoms with E-state index in [0.29, 0.717) is 0 Å². The fourth-order valence-electron chi connectivity index (χ4n) is 0. The Kier molecular flexibility index (Phi) is 25.0. The van der Waals surface area contributed by atoms with Crippen molar-refractivity contribution in [1.82, 2.24) is 0 Å². The minimum atomic E-state index is -1.33. The van der Waals surface area contributed by atoms with Crippen LogP contribution in [0.1, 0.15) is 0 Å². The predicted molar refractivity (Wildman–Crippen MR) is 23.7 cm³/mol. The monoisotopic (exact) mass is 107 g/mol. The molecule has 0 unspecified atom stereocenters. The molecule has 0 aromatic carbocycles. The van der Waals surface area contributed by atoms with E-state index in [1.165, 1.54) is 0 Å². The van der Waals surface area contributed by atoms with Crippen molar-refractivity contribution in [3.05, 3.63) is 0 Å². The van der Waals surface area contributed by atoms with Crippen LogP contribution < -0.4 is 5.73 Å². The number of hydrogen-bond acceptors (Lipinski definition) is 1. The fraction of sp³-hybridized carbons (Fsp3) is 0. The zero-order valence-corrected chi connectivity index (χ0v) is 7.93. The Morgan fingerprint density at radius 3 is 1.50 bits per heavy atom. The summed E-state index contributed by atoms with van der Waals surface area (Å²) in [6, 6.07) is 0. The second-order valence-corrected chi connectivity index (χ2v) is 0.338. The Hall–Kier alpha value is 1.27. The van der Waals surface area contributed by atoms with Gasteiger partial charge in [-0.15, -0.1) is 0 Å². The Balaban J connectivity index is -0.0000000450. The summed E-state index contributed by atoms with van der Waals surface area (Å²) in [6.07, 6.45) is -1.33. The molecule has 6 heavy (non-hydrogen) atoms. The third-order valence-electron chi connectivity index (χ3n) is 0. The van der Waals surface area contributed by atoms with Crippen molar-refractivity contribution < 1.29 is 9.90 Å². The maximum Gasteiger partial charge on any atom is 0.402 e. The van der Waals surface area contributed by atoms with Gasteiger partial charge in [-0.2, -0.15) is 0 Å². The maximum absolute atomic E-state index is 8.78. The van der Waals surface area contributed by atoms with E-state index in [1.807, 2.05) is 0 Å². The summed E-state index contributed by atoms with van der Waals surface area (Å²) in [4.78, 5) is 8.78. The van der Waals surface area contributed by atoms with Crippen LogP contribution in [0.5, 0.6) is 0 Å². The fourth-order valence-corrected chi connectivity index (χ4v) is 0. The minimum absolute atomic E-state index is 0. The summed E-state index contributed by atoms with van der Waals surface area (Å²) in [5.74, 6) is 0. The molecule has 0 heterocycles. The number of carboxylic acid groups (broad SMARTS) is 1. The normalized spacial score (nSPS) is 4.00. The van der Waals surface area contributed by atoms with Gasteiger partial charge in [0.05, 0.1) is 0 Å². The molecule has 0 bridgehead atoms. The van der Waals surface area contributed by atoms with Crippen molar-refractivity contribution in [3.63, 3.8) is 0 Å². The Morgan fingerprint density at radius 1 is 1.50 bits per heavy atom. The van der Waals surface area contributed by atoms with E-state index in [4.69, 9.17) is 9.90 Å². The summed E-state index contributed by atoms with van der Waals surface area (Å²) < 4.78 is 0. The smallest absolute Gasteiger partial charge is 0.402 e. The first-order valence-corrected chi connectivity index (χ1v) is 0.716. The van der Waals surface area contributed by atoms with Crippen molar-refractivity contribution >= 4 is 65.2 Å². The van der Waals surface area contributed by atoms with Gasteiger partial charge in [-0.3, -0.25) is 0 Å². The molecule has 0 spiro atoms. The molecule has 0 aliphatic carbocycles. The second-order valence-electron chi connectivity index (χ2n) is 0.338. The first-order chi connectivity index (χ1) is 1.73. The summed E-state index contributed by atoms with van der Waals surface area (Å²) in [5, 5.41) is 7.19. The number of amides is 1. The van der Waals surface area contributed by atoms with E-state index in [2.05, 4.69) is 5.73 Å². The van der Waals surface area contributed by atoms with Crippen LogP contribution in [-0.2, 0) is 0 Å². The van der Waals surface area contributed by atoms with Crippen LogP contribution in [0, 0.1) is 0 Å². The Morgan fingerprint density at radius 2 is 1.50 bits per heavy atom. The SMILES string of the molecule is NC(=O)O.[Na].[Na].